The predicted molar refractivity (Wildman–Crippen MR) is 113 cm³/mol. The van der Waals surface area contributed by atoms with Gasteiger partial charge in [0.25, 0.3) is 0 Å². The van der Waals surface area contributed by atoms with Gasteiger partial charge >= 0.3 is 11.9 Å². The summed E-state index contributed by atoms with van der Waals surface area (Å²) in [4.78, 5) is 30.1. The molecule has 0 amide bonds. The van der Waals surface area contributed by atoms with Crippen LogP contribution in [0, 0.1) is 18.3 Å². The Morgan fingerprint density at radius 3 is 2.42 bits per heavy atom. The predicted octanol–water partition coefficient (Wildman–Crippen LogP) is 2.86. The van der Waals surface area contributed by atoms with Gasteiger partial charge < -0.3 is 14.8 Å². The highest BCUT2D eigenvalue weighted by atomic mass is 16.5. The van der Waals surface area contributed by atoms with Crippen LogP contribution >= 0.6 is 0 Å². The lowest BCUT2D eigenvalue weighted by Crippen LogP contribution is -2.22. The summed E-state index contributed by atoms with van der Waals surface area (Å²) < 4.78 is 11.9. The van der Waals surface area contributed by atoms with Crippen LogP contribution in [0.2, 0.25) is 0 Å². The number of fused-ring (bicyclic) bond motifs is 1. The molecule has 31 heavy (non-hydrogen) atoms. The normalized spacial score (nSPS) is 11.4. The monoisotopic (exact) mass is 419 g/mol. The minimum absolute atomic E-state index is 0.0370. The smallest absolute Gasteiger partial charge is 0.355 e. The number of hydrogen-bond acceptors (Lipinski definition) is 8. The van der Waals surface area contributed by atoms with E-state index < -0.39 is 11.9 Å². The van der Waals surface area contributed by atoms with E-state index in [4.69, 9.17) is 9.47 Å². The van der Waals surface area contributed by atoms with E-state index in [0.29, 0.717) is 28.2 Å². The second-order valence-corrected chi connectivity index (χ2v) is 6.34. The lowest BCUT2D eigenvalue weighted by atomic mass is 10.0. The summed E-state index contributed by atoms with van der Waals surface area (Å²) in [6, 6.07) is 10.9. The summed E-state index contributed by atoms with van der Waals surface area (Å²) in [5, 5.41) is 16.4. The number of benzene rings is 1. The van der Waals surface area contributed by atoms with Crippen LogP contribution in [0.25, 0.3) is 11.2 Å². The number of rotatable bonds is 7. The number of hydrogen-bond donors (Lipinski definition) is 1. The van der Waals surface area contributed by atoms with E-state index >= 15 is 0 Å². The molecule has 0 atom stereocenters. The van der Waals surface area contributed by atoms with Gasteiger partial charge in [-0.2, -0.15) is 10.4 Å². The summed E-state index contributed by atoms with van der Waals surface area (Å²) >= 11 is 0. The van der Waals surface area contributed by atoms with E-state index in [9.17, 15) is 14.9 Å². The molecule has 0 aliphatic carbocycles. The Hall–Kier alpha value is -4.19. The molecule has 9 heteroatoms. The van der Waals surface area contributed by atoms with Crippen molar-refractivity contribution < 1.29 is 19.1 Å². The third kappa shape index (κ3) is 4.38. The van der Waals surface area contributed by atoms with Crippen LogP contribution in [0.15, 0.2) is 48.4 Å². The molecule has 2 heterocycles. The third-order valence-electron chi connectivity index (χ3n) is 4.41. The van der Waals surface area contributed by atoms with E-state index in [1.807, 2.05) is 12.1 Å². The Morgan fingerprint density at radius 2 is 1.77 bits per heavy atom. The second-order valence-electron chi connectivity index (χ2n) is 6.34. The first-order valence-electron chi connectivity index (χ1n) is 9.66. The number of aromatic nitrogens is 3. The van der Waals surface area contributed by atoms with Gasteiger partial charge in [0.15, 0.2) is 5.65 Å². The van der Waals surface area contributed by atoms with Gasteiger partial charge in [0.05, 0.1) is 25.1 Å². The lowest BCUT2D eigenvalue weighted by molar-refractivity contribution is -0.140. The zero-order valence-corrected chi connectivity index (χ0v) is 17.4. The van der Waals surface area contributed by atoms with Crippen LogP contribution in [0.5, 0.6) is 0 Å². The molecule has 0 aliphatic heterocycles. The molecule has 0 aliphatic rings. The molecule has 3 aromatic rings. The van der Waals surface area contributed by atoms with Gasteiger partial charge in [-0.1, -0.05) is 18.2 Å². The van der Waals surface area contributed by atoms with Gasteiger partial charge in [0.1, 0.15) is 22.9 Å². The van der Waals surface area contributed by atoms with E-state index in [2.05, 4.69) is 15.4 Å². The minimum atomic E-state index is -0.717. The van der Waals surface area contributed by atoms with Crippen LogP contribution in [0.1, 0.15) is 30.7 Å². The molecule has 0 saturated carbocycles. The summed E-state index contributed by atoms with van der Waals surface area (Å²) in [7, 11) is 0. The summed E-state index contributed by atoms with van der Waals surface area (Å²) in [6.07, 6.45) is 2.81. The zero-order chi connectivity index (χ0) is 22.4. The Labute approximate surface area is 178 Å². The van der Waals surface area contributed by atoms with Crippen molar-refractivity contribution in [1.82, 2.24) is 14.6 Å². The Kier molecular flexibility index (Phi) is 6.62. The molecule has 0 bridgehead atoms. The highest BCUT2D eigenvalue weighted by molar-refractivity contribution is 6.24. The number of nitrogens with zero attached hydrogens (tertiary/aromatic N) is 4. The van der Waals surface area contributed by atoms with E-state index in [1.54, 1.807) is 45.0 Å². The molecule has 0 unspecified atom stereocenters. The molecule has 3 rings (SSSR count). The number of nitriles is 1. The standard InChI is InChI=1S/C22H21N5O4/c1-4-30-21(28)18(17-13-24-20-15(11-23)12-25-27(20)14(17)3)19(22(29)31-5-2)26-16-9-7-6-8-10-16/h6-10,12-13,26H,4-5H2,1-3H3/b19-18-. The quantitative estimate of drug-likeness (QED) is 0.459. The molecular weight excluding hydrogens is 398 g/mol. The minimum Gasteiger partial charge on any atom is -0.462 e. The van der Waals surface area contributed by atoms with E-state index in [0.717, 1.165) is 0 Å². The fraction of sp³-hybridized carbons (Fsp3) is 0.227. The van der Waals surface area contributed by atoms with Crippen LogP contribution in [-0.2, 0) is 19.1 Å². The van der Waals surface area contributed by atoms with E-state index in [-0.39, 0.29) is 24.5 Å². The highest BCUT2D eigenvalue weighted by Gasteiger charge is 2.28. The molecule has 1 aromatic carbocycles. The van der Waals surface area contributed by atoms with Crippen molar-refractivity contribution in [2.24, 2.45) is 0 Å². The van der Waals surface area contributed by atoms with Crippen LogP contribution in [0.3, 0.4) is 0 Å². The molecule has 0 radical (unpaired) electrons. The van der Waals surface area contributed by atoms with Gasteiger partial charge in [-0.15, -0.1) is 0 Å². The second kappa shape index (κ2) is 9.54. The molecule has 0 saturated heterocycles. The molecule has 9 nitrogen and oxygen atoms in total. The summed E-state index contributed by atoms with van der Waals surface area (Å²) in [5.41, 5.74) is 1.94. The lowest BCUT2D eigenvalue weighted by Gasteiger charge is -2.17. The topological polar surface area (TPSA) is 119 Å². The summed E-state index contributed by atoms with van der Waals surface area (Å²) in [5.74, 6) is -1.43. The zero-order valence-electron chi connectivity index (χ0n) is 17.4. The van der Waals surface area contributed by atoms with Crippen molar-refractivity contribution in [3.63, 3.8) is 0 Å². The fourth-order valence-corrected chi connectivity index (χ4v) is 3.00. The number of carbonyl (C=O) groups excluding carboxylic acids is 2. The highest BCUT2D eigenvalue weighted by Crippen LogP contribution is 2.26. The molecule has 0 spiro atoms. The number of anilines is 1. The first-order chi connectivity index (χ1) is 15.0. The number of para-hydroxylation sites is 1. The van der Waals surface area contributed by atoms with Crippen molar-refractivity contribution in [1.29, 1.82) is 5.26 Å². The van der Waals surface area contributed by atoms with Gasteiger partial charge in [-0.3, -0.25) is 0 Å². The molecular formula is C22H21N5O4. The first kappa shape index (κ1) is 21.5. The van der Waals surface area contributed by atoms with Gasteiger partial charge in [-0.25, -0.2) is 19.1 Å². The Balaban J connectivity index is 2.28. The van der Waals surface area contributed by atoms with Crippen molar-refractivity contribution in [3.8, 4) is 6.07 Å². The van der Waals surface area contributed by atoms with Crippen LogP contribution in [0.4, 0.5) is 5.69 Å². The van der Waals surface area contributed by atoms with Crippen LogP contribution in [-0.4, -0.2) is 39.8 Å². The number of ether oxygens (including phenoxy) is 2. The maximum atomic E-state index is 13.0. The Morgan fingerprint density at radius 1 is 1.10 bits per heavy atom. The SMILES string of the molecule is CCOC(=O)/C(Nc1ccccc1)=C(/C(=O)OCC)c1cnc2c(C#N)cnn2c1C. The van der Waals surface area contributed by atoms with E-state index in [1.165, 1.54) is 16.9 Å². The molecule has 158 valence electrons. The summed E-state index contributed by atoms with van der Waals surface area (Å²) in [6.45, 7) is 5.29. The van der Waals surface area contributed by atoms with Gasteiger partial charge in [0.2, 0.25) is 0 Å². The van der Waals surface area contributed by atoms with Crippen molar-refractivity contribution in [3.05, 3.63) is 65.2 Å². The van der Waals surface area contributed by atoms with Gasteiger partial charge in [-0.05, 0) is 32.9 Å². The Bertz CT molecular complexity index is 1190. The maximum absolute atomic E-state index is 13.0. The molecule has 0 fully saturated rings. The largest absolute Gasteiger partial charge is 0.462 e. The average Bonchev–Trinajstić information content (AvgIpc) is 3.20. The van der Waals surface area contributed by atoms with Crippen LogP contribution < -0.4 is 5.32 Å². The number of carbonyl (C=O) groups is 2. The fourth-order valence-electron chi connectivity index (χ4n) is 3.00. The maximum Gasteiger partial charge on any atom is 0.355 e. The molecule has 1 N–H and O–H groups in total. The van der Waals surface area contributed by atoms with Gasteiger partial charge in [0, 0.05) is 17.4 Å². The molecule has 2 aromatic heterocycles. The van der Waals surface area contributed by atoms with Crippen molar-refractivity contribution in [2.45, 2.75) is 20.8 Å². The van der Waals surface area contributed by atoms with Crippen molar-refractivity contribution in [2.75, 3.05) is 18.5 Å². The number of aryl methyl sites for hydroxylation is 1. The number of esters is 2. The first-order valence-corrected chi connectivity index (χ1v) is 9.66. The average molecular weight is 419 g/mol. The third-order valence-corrected chi connectivity index (χ3v) is 4.41. The van der Waals surface area contributed by atoms with Crippen molar-refractivity contribution >= 4 is 28.8 Å². The number of nitrogens with one attached hydrogen (secondary N) is 1.